The smallest absolute Gasteiger partial charge is 0.226 e. The molecule has 0 radical (unpaired) electrons. The quantitative estimate of drug-likeness (QED) is 0.803. The molecule has 3 rings (SSSR count). The third-order valence-corrected chi connectivity index (χ3v) is 3.94. The minimum absolute atomic E-state index is 0.0589. The van der Waals surface area contributed by atoms with Crippen molar-refractivity contribution in [3.8, 4) is 0 Å². The molecule has 0 atom stereocenters. The molecule has 0 aliphatic rings. The highest BCUT2D eigenvalue weighted by Crippen LogP contribution is 2.16. The molecule has 3 heterocycles. The first-order valence-corrected chi connectivity index (χ1v) is 7.47. The third-order valence-electron chi connectivity index (χ3n) is 3.19. The number of amides is 1. The molecule has 3 aromatic heterocycles. The van der Waals surface area contributed by atoms with Crippen molar-refractivity contribution >= 4 is 28.0 Å². The second-order valence-electron chi connectivity index (χ2n) is 4.75. The second kappa shape index (κ2) is 5.61. The minimum Gasteiger partial charge on any atom is -0.304 e. The monoisotopic (exact) mass is 301 g/mol. The van der Waals surface area contributed by atoms with Crippen molar-refractivity contribution in [1.82, 2.24) is 19.6 Å². The van der Waals surface area contributed by atoms with Crippen molar-refractivity contribution in [3.63, 3.8) is 0 Å². The van der Waals surface area contributed by atoms with Gasteiger partial charge in [-0.1, -0.05) is 17.4 Å². The van der Waals surface area contributed by atoms with E-state index in [2.05, 4.69) is 20.5 Å². The van der Waals surface area contributed by atoms with Crippen LogP contribution in [-0.2, 0) is 11.2 Å². The lowest BCUT2D eigenvalue weighted by molar-refractivity contribution is -0.116. The van der Waals surface area contributed by atoms with Crippen LogP contribution in [0.5, 0.6) is 0 Å². The van der Waals surface area contributed by atoms with Crippen molar-refractivity contribution in [3.05, 3.63) is 40.8 Å². The van der Waals surface area contributed by atoms with Crippen molar-refractivity contribution in [2.75, 3.05) is 5.32 Å². The van der Waals surface area contributed by atoms with Crippen molar-refractivity contribution < 1.29 is 4.79 Å². The molecule has 108 valence electrons. The molecule has 3 aromatic rings. The average molecular weight is 301 g/mol. The normalized spacial score (nSPS) is 11.0. The van der Waals surface area contributed by atoms with E-state index in [1.165, 1.54) is 11.3 Å². The third kappa shape index (κ3) is 2.92. The first-order valence-electron chi connectivity index (χ1n) is 6.66. The van der Waals surface area contributed by atoms with E-state index >= 15 is 0 Å². The van der Waals surface area contributed by atoms with Gasteiger partial charge in [-0.05, 0) is 32.4 Å². The van der Waals surface area contributed by atoms with Gasteiger partial charge in [-0.15, -0.1) is 10.2 Å². The van der Waals surface area contributed by atoms with Crippen LogP contribution in [0.25, 0.3) is 5.65 Å². The summed E-state index contributed by atoms with van der Waals surface area (Å²) in [6.07, 6.45) is 3.00. The molecule has 0 aliphatic heterocycles. The molecule has 0 aromatic carbocycles. The average Bonchev–Trinajstić information content (AvgIpc) is 2.99. The number of aromatic nitrogens is 4. The fourth-order valence-corrected chi connectivity index (χ4v) is 2.83. The lowest BCUT2D eigenvalue weighted by Crippen LogP contribution is -2.13. The largest absolute Gasteiger partial charge is 0.304 e. The summed E-state index contributed by atoms with van der Waals surface area (Å²) in [5, 5.41) is 11.9. The zero-order valence-electron chi connectivity index (χ0n) is 11.8. The predicted molar refractivity (Wildman–Crippen MR) is 81.5 cm³/mol. The number of carbonyl (C=O) groups excluding carboxylic acids is 1. The fourth-order valence-electron chi connectivity index (χ4n) is 2.23. The summed E-state index contributed by atoms with van der Waals surface area (Å²) >= 11 is 1.37. The van der Waals surface area contributed by atoms with Crippen molar-refractivity contribution in [2.24, 2.45) is 0 Å². The Morgan fingerprint density at radius 3 is 2.95 bits per heavy atom. The van der Waals surface area contributed by atoms with E-state index in [4.69, 9.17) is 0 Å². The van der Waals surface area contributed by atoms with Gasteiger partial charge in [-0.3, -0.25) is 4.79 Å². The van der Waals surface area contributed by atoms with E-state index in [0.717, 1.165) is 22.0 Å². The lowest BCUT2D eigenvalue weighted by Gasteiger charge is -2.03. The van der Waals surface area contributed by atoms with Crippen molar-refractivity contribution in [2.45, 2.75) is 26.7 Å². The Labute approximate surface area is 125 Å². The van der Waals surface area contributed by atoms with Gasteiger partial charge in [0.15, 0.2) is 0 Å². The molecular formula is C14H15N5OS. The predicted octanol–water partition coefficient (Wildman–Crippen LogP) is 2.37. The van der Waals surface area contributed by atoms with Gasteiger partial charge >= 0.3 is 0 Å². The lowest BCUT2D eigenvalue weighted by atomic mass is 10.2. The Morgan fingerprint density at radius 2 is 2.19 bits per heavy atom. The van der Waals surface area contributed by atoms with Crippen LogP contribution in [0.3, 0.4) is 0 Å². The number of aryl methyl sites for hydroxylation is 3. The summed E-state index contributed by atoms with van der Waals surface area (Å²) in [7, 11) is 0. The maximum absolute atomic E-state index is 12.0. The maximum Gasteiger partial charge on any atom is 0.226 e. The molecule has 0 spiro atoms. The fraction of sp³-hybridized carbons (Fsp3) is 0.286. The molecule has 0 saturated carbocycles. The minimum atomic E-state index is -0.0589. The molecule has 21 heavy (non-hydrogen) atoms. The Hall–Kier alpha value is -2.28. The molecule has 1 N–H and O–H groups in total. The number of nitrogens with zero attached hydrogens (tertiary/aromatic N) is 4. The van der Waals surface area contributed by atoms with Crippen LogP contribution < -0.4 is 5.32 Å². The summed E-state index contributed by atoms with van der Waals surface area (Å²) in [6, 6.07) is 5.87. The molecule has 0 bridgehead atoms. The molecule has 0 saturated heterocycles. The van der Waals surface area contributed by atoms with Gasteiger partial charge in [0.25, 0.3) is 0 Å². The Balaban J connectivity index is 1.69. The number of hydrogen-bond donors (Lipinski definition) is 1. The highest BCUT2D eigenvalue weighted by Gasteiger charge is 2.11. The number of hydrogen-bond acceptors (Lipinski definition) is 5. The number of carbonyl (C=O) groups is 1. The highest BCUT2D eigenvalue weighted by atomic mass is 32.1. The van der Waals surface area contributed by atoms with Gasteiger partial charge in [0.2, 0.25) is 11.0 Å². The maximum atomic E-state index is 12.0. The van der Waals surface area contributed by atoms with Crippen molar-refractivity contribution in [1.29, 1.82) is 0 Å². The van der Waals surface area contributed by atoms with Crippen LogP contribution in [0.1, 0.15) is 22.8 Å². The number of anilines is 1. The number of imidazole rings is 1. The van der Waals surface area contributed by atoms with Crippen LogP contribution in [0.4, 0.5) is 5.13 Å². The van der Waals surface area contributed by atoms with Gasteiger partial charge in [-0.25, -0.2) is 4.98 Å². The number of pyridine rings is 1. The first-order chi connectivity index (χ1) is 10.1. The number of nitrogens with one attached hydrogen (secondary N) is 1. The standard InChI is InChI=1S/C14H15N5OS/c1-9-11(19-8-4-3-5-12(19)15-9)6-7-13(20)16-14-18-17-10(2)21-14/h3-5,8H,6-7H2,1-2H3,(H,16,18,20). The summed E-state index contributed by atoms with van der Waals surface area (Å²) in [5.41, 5.74) is 2.93. The second-order valence-corrected chi connectivity index (χ2v) is 5.93. The van der Waals surface area contributed by atoms with Gasteiger partial charge in [-0.2, -0.15) is 0 Å². The Kier molecular flexibility index (Phi) is 3.66. The zero-order chi connectivity index (χ0) is 14.8. The van der Waals surface area contributed by atoms with Gasteiger partial charge in [0.05, 0.1) is 5.69 Å². The first kappa shape index (κ1) is 13.7. The van der Waals surface area contributed by atoms with E-state index in [-0.39, 0.29) is 5.91 Å². The molecule has 0 unspecified atom stereocenters. The Morgan fingerprint density at radius 1 is 1.33 bits per heavy atom. The summed E-state index contributed by atoms with van der Waals surface area (Å²) < 4.78 is 2.03. The highest BCUT2D eigenvalue weighted by molar-refractivity contribution is 7.15. The molecule has 0 aliphatic carbocycles. The van der Waals surface area contributed by atoms with E-state index in [1.54, 1.807) is 0 Å². The van der Waals surface area contributed by atoms with Gasteiger partial charge < -0.3 is 9.72 Å². The topological polar surface area (TPSA) is 72.2 Å². The van der Waals surface area contributed by atoms with Crippen LogP contribution in [0.2, 0.25) is 0 Å². The molecule has 1 amide bonds. The number of fused-ring (bicyclic) bond motifs is 1. The van der Waals surface area contributed by atoms with Crippen LogP contribution >= 0.6 is 11.3 Å². The molecular weight excluding hydrogens is 286 g/mol. The summed E-state index contributed by atoms with van der Waals surface area (Å²) in [6.45, 7) is 3.82. The van der Waals surface area contributed by atoms with Crippen LogP contribution in [-0.4, -0.2) is 25.5 Å². The Bertz CT molecular complexity index is 792. The van der Waals surface area contributed by atoms with Gasteiger partial charge in [0.1, 0.15) is 10.7 Å². The SMILES string of the molecule is Cc1nnc(NC(=O)CCc2c(C)nc3ccccn23)s1. The summed E-state index contributed by atoms with van der Waals surface area (Å²) in [4.78, 5) is 16.5. The molecule has 6 nitrogen and oxygen atoms in total. The van der Waals surface area contributed by atoms with E-state index in [9.17, 15) is 4.79 Å². The van der Waals surface area contributed by atoms with E-state index in [0.29, 0.717) is 18.0 Å². The summed E-state index contributed by atoms with van der Waals surface area (Å²) in [5.74, 6) is -0.0589. The molecule has 0 fully saturated rings. The van der Waals surface area contributed by atoms with E-state index < -0.39 is 0 Å². The van der Waals surface area contributed by atoms with Gasteiger partial charge in [0, 0.05) is 18.3 Å². The van der Waals surface area contributed by atoms with Crippen LogP contribution in [0.15, 0.2) is 24.4 Å². The molecule has 7 heteroatoms. The van der Waals surface area contributed by atoms with Crippen LogP contribution in [0, 0.1) is 13.8 Å². The number of rotatable bonds is 4. The zero-order valence-corrected chi connectivity index (χ0v) is 12.6. The van der Waals surface area contributed by atoms with E-state index in [1.807, 2.05) is 42.6 Å².